The molecule has 3 aliphatic heterocycles. The molecule has 3 fully saturated rings. The van der Waals surface area contributed by atoms with Gasteiger partial charge in [0.1, 0.15) is 50.0 Å². The lowest BCUT2D eigenvalue weighted by atomic mass is 9.94. The summed E-state index contributed by atoms with van der Waals surface area (Å²) in [5.74, 6) is -3.02. The Morgan fingerprint density at radius 3 is 2.16 bits per heavy atom. The van der Waals surface area contributed by atoms with E-state index in [9.17, 15) is 67.5 Å². The normalized spacial score (nSPS) is 29.5. The summed E-state index contributed by atoms with van der Waals surface area (Å²) in [5.41, 5.74) is 13.5. The number of aryl methyl sites for hydroxylation is 1. The monoisotopic (exact) mass is 1210 g/mol. The largest absolute Gasteiger partial charge is 0.778 e. The molecule has 9 rings (SSSR count). The van der Waals surface area contributed by atoms with E-state index in [1.54, 1.807) is 0 Å². The highest BCUT2D eigenvalue weighted by atomic mass is 32.7. The molecule has 14 N–H and O–H groups in total. The van der Waals surface area contributed by atoms with Crippen LogP contribution in [0.25, 0.3) is 33.5 Å². The van der Waals surface area contributed by atoms with Gasteiger partial charge < -0.3 is 85.0 Å². The predicted octanol–water partition coefficient (Wildman–Crippen LogP) is -3.82. The average molecular weight is 1210 g/mol. The molecule has 3 aliphatic rings. The van der Waals surface area contributed by atoms with Crippen LogP contribution < -0.4 is 37.8 Å². The molecule has 3 saturated heterocycles. The molecule has 43 heteroatoms. The van der Waals surface area contributed by atoms with Gasteiger partial charge in [0, 0.05) is 39.3 Å². The number of carbonyl (C=O) groups excluding carboxylic acids is 1. The molecule has 16 atom stereocenters. The molecule has 0 aliphatic carbocycles. The maximum Gasteiger partial charge on any atom is 0.488 e. The second-order valence-corrected chi connectivity index (χ2v) is 27.2. The zero-order chi connectivity index (χ0) is 57.4. The summed E-state index contributed by atoms with van der Waals surface area (Å²) in [5, 5.41) is 33.5. The minimum Gasteiger partial charge on any atom is -0.778 e. The summed E-state index contributed by atoms with van der Waals surface area (Å²) in [6.07, 6.45) is -12.1. The molecule has 432 valence electrons. The molecule has 79 heavy (non-hydrogen) atoms. The van der Waals surface area contributed by atoms with Gasteiger partial charge in [0.05, 0.1) is 50.8 Å². The fourth-order valence-electron chi connectivity index (χ4n) is 9.20. The van der Waals surface area contributed by atoms with Gasteiger partial charge in [-0.2, -0.15) is 13.6 Å². The first-order valence-corrected chi connectivity index (χ1v) is 30.6. The Hall–Kier alpha value is -5.21. The van der Waals surface area contributed by atoms with Crippen LogP contribution in [0.2, 0.25) is 0 Å². The van der Waals surface area contributed by atoms with Crippen molar-refractivity contribution >= 4 is 98.5 Å². The molecule has 0 spiro atoms. The maximum atomic E-state index is 14.4. The van der Waals surface area contributed by atoms with E-state index in [1.807, 2.05) is 0 Å². The van der Waals surface area contributed by atoms with Crippen LogP contribution in [-0.4, -0.2) is 183 Å². The first-order valence-electron chi connectivity index (χ1n) is 22.8. The number of aromatic nitrogens is 12. The number of H-pyrrole nitrogens is 2. The standard InChI is InChI=1S/C36H50N16O22P4S/c1-48(2)17(53)5-13-16(72-32(21(13)54)52-12-49(3)20-29(52)45-36(39)47-31(20)58)8-79-78(65,66)74-77(63,64)73-76(61,62)69-7-15-25(24(67-4)34(71-15)50-10-42-18-26(37)40-9-41-27(18)50)75(59,60)68-6-14-22(55)23(56)33(70-14)51-11-43-19-28(51)44-35(38)46-30(19)57/h9-16,21-25,32-34,54-56H,5-8H2,1-4H3,(H11-,37,38,39,40,41,44,45,46,47,57,58,59,60,61,62,63,64,65,66)/t13-,14-,15-,16-,21-,22-,23-,24-,25-,32-,33-,34-/m1/s1. The Balaban J connectivity index is 0.897. The molecule has 9 heterocycles. The van der Waals surface area contributed by atoms with Gasteiger partial charge >= 0.3 is 28.1 Å². The fourth-order valence-corrected chi connectivity index (χ4v) is 17.0. The number of carbonyl (C=O) groups is 1. The summed E-state index contributed by atoms with van der Waals surface area (Å²) in [6, 6.07) is 0. The van der Waals surface area contributed by atoms with E-state index >= 15 is 0 Å². The summed E-state index contributed by atoms with van der Waals surface area (Å²) >= 11 is -0.0663. The number of ether oxygens (including phenoxy) is 4. The second kappa shape index (κ2) is 21.9. The Morgan fingerprint density at radius 1 is 0.823 bits per heavy atom. The number of anilines is 3. The van der Waals surface area contributed by atoms with Crippen molar-refractivity contribution in [3.05, 3.63) is 46.0 Å². The molecule has 38 nitrogen and oxygen atoms in total. The number of hydrogen-bond acceptors (Lipinski definition) is 29. The number of aliphatic hydroxyl groups excluding tert-OH is 3. The lowest BCUT2D eigenvalue weighted by Crippen LogP contribution is -2.45. The number of aromatic amines is 2. The van der Waals surface area contributed by atoms with Crippen molar-refractivity contribution in [2.45, 2.75) is 73.5 Å². The number of phosphoric acid groups is 2. The third-order valence-electron chi connectivity index (χ3n) is 12.8. The lowest BCUT2D eigenvalue weighted by molar-refractivity contribution is -0.745. The molecular weight excluding hydrogens is 1160 g/mol. The highest BCUT2D eigenvalue weighted by Crippen LogP contribution is 2.72. The molecule has 6 aromatic rings. The molecule has 1 amide bonds. The summed E-state index contributed by atoms with van der Waals surface area (Å²) in [4.78, 5) is 114. The van der Waals surface area contributed by atoms with Crippen molar-refractivity contribution in [2.75, 3.05) is 57.4 Å². The van der Waals surface area contributed by atoms with Crippen molar-refractivity contribution in [3.63, 3.8) is 0 Å². The Labute approximate surface area is 444 Å². The van der Waals surface area contributed by atoms with Gasteiger partial charge in [0.15, 0.2) is 41.4 Å². The number of aliphatic hydroxyl groups is 3. The van der Waals surface area contributed by atoms with Gasteiger partial charge in [-0.15, -0.1) is 0 Å². The molecule has 0 radical (unpaired) electrons. The SMILES string of the molecule is CO[C@@H]1[C@H](P(=O)([O-])OC[C@H]2O[C@@H](n3cnc4c(=O)[nH]c(N)nc43)[C@H](O)[C@@H]2O)[C@@H](COP(=O)(O)OP(=O)(O)OP(=O)(O)SC[C@H]2O[C@@H]([n+]3cn(C)c4c(=O)[nH]c(N)nc43)[C@H](O)[C@@H]2CC(=O)N(C)C)O[C@H]1n1cnc2c(N)ncnc21. The van der Waals surface area contributed by atoms with E-state index in [-0.39, 0.29) is 62.6 Å². The number of nitrogens with two attached hydrogens (primary N) is 3. The molecular formula is C36H50N16O22P4S. The zero-order valence-corrected chi connectivity index (χ0v) is 45.5. The molecule has 0 saturated carbocycles. The van der Waals surface area contributed by atoms with E-state index in [4.69, 9.17) is 45.2 Å². The van der Waals surface area contributed by atoms with E-state index in [2.05, 4.69) is 48.5 Å². The quantitative estimate of drug-likeness (QED) is 0.0258. The van der Waals surface area contributed by atoms with Gasteiger partial charge in [-0.25, -0.2) is 38.2 Å². The van der Waals surface area contributed by atoms with Gasteiger partial charge in [-0.05, 0) is 11.4 Å². The number of methoxy groups -OCH3 is 1. The molecule has 0 aromatic carbocycles. The number of imidazole rings is 3. The van der Waals surface area contributed by atoms with Crippen LogP contribution in [-0.2, 0) is 66.7 Å². The topological polar surface area (TPSA) is 547 Å². The number of nitrogens with zero attached hydrogens (tertiary/aromatic N) is 11. The number of rotatable bonds is 20. The molecule has 4 unspecified atom stereocenters. The Morgan fingerprint density at radius 2 is 1.47 bits per heavy atom. The van der Waals surface area contributed by atoms with Gasteiger partial charge in [-0.3, -0.25) is 42.6 Å². The van der Waals surface area contributed by atoms with Crippen molar-refractivity contribution in [1.29, 1.82) is 0 Å². The smallest absolute Gasteiger partial charge is 0.488 e. The summed E-state index contributed by atoms with van der Waals surface area (Å²) in [6.45, 7) is -7.83. The highest BCUT2D eigenvalue weighted by Gasteiger charge is 2.55. The lowest BCUT2D eigenvalue weighted by Gasteiger charge is -2.35. The van der Waals surface area contributed by atoms with Crippen molar-refractivity contribution in [3.8, 4) is 0 Å². The van der Waals surface area contributed by atoms with Crippen LogP contribution in [0, 0.1) is 5.92 Å². The number of fused-ring (bicyclic) bond motifs is 3. The zero-order valence-electron chi connectivity index (χ0n) is 41.1. The van der Waals surface area contributed by atoms with E-state index < -0.39 is 145 Å². The van der Waals surface area contributed by atoms with E-state index in [0.29, 0.717) is 0 Å². The minimum atomic E-state index is -6.16. The Kier molecular flexibility index (Phi) is 16.2. The van der Waals surface area contributed by atoms with Crippen molar-refractivity contribution < 1.29 is 99.1 Å². The summed E-state index contributed by atoms with van der Waals surface area (Å²) in [7, 11) is -12.3. The number of nitrogen functional groups attached to an aromatic ring is 3. The number of phosphoric ester groups is 1. The van der Waals surface area contributed by atoms with Crippen LogP contribution in [0.4, 0.5) is 17.7 Å². The summed E-state index contributed by atoms with van der Waals surface area (Å²) < 4.78 is 102. The van der Waals surface area contributed by atoms with E-state index in [1.165, 1.54) is 46.1 Å². The minimum absolute atomic E-state index is 0.0147. The van der Waals surface area contributed by atoms with Gasteiger partial charge in [0.25, 0.3) is 17.1 Å². The number of amides is 1. The van der Waals surface area contributed by atoms with Gasteiger partial charge in [0.2, 0.25) is 23.6 Å². The van der Waals surface area contributed by atoms with Crippen molar-refractivity contribution in [2.24, 2.45) is 13.0 Å². The van der Waals surface area contributed by atoms with Crippen LogP contribution in [0.1, 0.15) is 25.1 Å². The van der Waals surface area contributed by atoms with Gasteiger partial charge in [-0.1, -0.05) is 4.98 Å². The molecule has 6 aromatic heterocycles. The van der Waals surface area contributed by atoms with Crippen molar-refractivity contribution in [1.82, 2.24) is 58.5 Å². The average Bonchev–Trinajstić information content (AvgIpc) is 4.43. The highest BCUT2D eigenvalue weighted by molar-refractivity contribution is 8.55. The first kappa shape index (κ1) is 58.4. The number of hydrogen-bond donors (Lipinski definition) is 11. The predicted molar refractivity (Wildman–Crippen MR) is 263 cm³/mol. The van der Waals surface area contributed by atoms with Crippen LogP contribution in [0.3, 0.4) is 0 Å². The fraction of sp³-hybridized carbons (Fsp3) is 0.556. The third-order valence-corrected chi connectivity index (χ3v) is 21.3. The third kappa shape index (κ3) is 11.7. The van der Waals surface area contributed by atoms with Crippen LogP contribution in [0.15, 0.2) is 34.9 Å². The molecule has 0 bridgehead atoms. The Bertz CT molecular complexity index is 3640. The van der Waals surface area contributed by atoms with Crippen LogP contribution in [0.5, 0.6) is 0 Å². The number of nitrogens with one attached hydrogen (secondary N) is 2. The maximum absolute atomic E-state index is 14.4. The van der Waals surface area contributed by atoms with E-state index in [0.717, 1.165) is 30.7 Å². The van der Waals surface area contributed by atoms with Crippen LogP contribution >= 0.6 is 41.4 Å². The second-order valence-electron chi connectivity index (χ2n) is 18.1. The first-order chi connectivity index (χ1) is 37.0.